The number of carbonyl (C=O) groups is 1. The van der Waals surface area contributed by atoms with Crippen LogP contribution in [0.1, 0.15) is 47.7 Å². The molecule has 2 aromatic heterocycles. The maximum absolute atomic E-state index is 13.5. The maximum atomic E-state index is 13.5. The fourth-order valence-electron chi connectivity index (χ4n) is 3.95. The first kappa shape index (κ1) is 20.8. The topological polar surface area (TPSA) is 77.2 Å². The molecule has 156 valence electrons. The predicted octanol–water partition coefficient (Wildman–Crippen LogP) is 4.95. The largest absolute Gasteiger partial charge is 0.496 e. The van der Waals surface area contributed by atoms with Gasteiger partial charge in [0.15, 0.2) is 17.8 Å². The van der Waals surface area contributed by atoms with Crippen LogP contribution in [-0.2, 0) is 0 Å². The van der Waals surface area contributed by atoms with E-state index in [2.05, 4.69) is 37.9 Å². The molecule has 0 bridgehead atoms. The van der Waals surface area contributed by atoms with E-state index in [0.717, 1.165) is 46.1 Å². The van der Waals surface area contributed by atoms with E-state index in [1.165, 1.54) is 18.7 Å². The lowest BCUT2D eigenvalue weighted by Gasteiger charge is -2.29. The molecule has 0 radical (unpaired) electrons. The first-order valence-corrected chi connectivity index (χ1v) is 10.8. The van der Waals surface area contributed by atoms with Crippen molar-refractivity contribution in [1.82, 2.24) is 15.3 Å². The number of rotatable bonds is 5. The van der Waals surface area contributed by atoms with Crippen molar-refractivity contribution in [1.29, 1.82) is 0 Å². The summed E-state index contributed by atoms with van der Waals surface area (Å²) in [5.41, 5.74) is 1.89. The van der Waals surface area contributed by atoms with Crippen molar-refractivity contribution in [3.05, 3.63) is 63.7 Å². The van der Waals surface area contributed by atoms with Gasteiger partial charge in [0.2, 0.25) is 0 Å². The Morgan fingerprint density at radius 2 is 2.17 bits per heavy atom. The molecule has 3 aromatic rings. The van der Waals surface area contributed by atoms with Gasteiger partial charge in [-0.3, -0.25) is 9.78 Å². The summed E-state index contributed by atoms with van der Waals surface area (Å²) in [4.78, 5) is 21.0. The molecule has 1 aliphatic rings. The number of ether oxygens (including phenoxy) is 1. The lowest BCUT2D eigenvalue weighted by atomic mass is 9.82. The van der Waals surface area contributed by atoms with Crippen molar-refractivity contribution >= 4 is 28.5 Å². The molecular formula is C22H21FIN3O3. The normalized spacial score (nSPS) is 18.8. The minimum absolute atomic E-state index is 0.0138. The van der Waals surface area contributed by atoms with Crippen LogP contribution < -0.4 is 10.1 Å². The Bertz CT molecular complexity index is 1060. The third-order valence-corrected chi connectivity index (χ3v) is 6.25. The maximum Gasteiger partial charge on any atom is 0.274 e. The summed E-state index contributed by atoms with van der Waals surface area (Å²) in [5, 5.41) is 3.08. The van der Waals surface area contributed by atoms with Gasteiger partial charge in [0, 0.05) is 17.8 Å². The number of nitrogens with one attached hydrogen (secondary N) is 1. The molecule has 0 aliphatic heterocycles. The molecule has 1 N–H and O–H groups in total. The number of hydrogen-bond acceptors (Lipinski definition) is 5. The molecule has 1 amide bonds. The molecule has 1 saturated carbocycles. The molecule has 0 saturated heterocycles. The number of oxazole rings is 1. The molecule has 2 heterocycles. The van der Waals surface area contributed by atoms with Gasteiger partial charge in [-0.25, -0.2) is 9.37 Å². The van der Waals surface area contributed by atoms with Crippen LogP contribution in [0.25, 0.3) is 11.3 Å². The highest BCUT2D eigenvalue weighted by Gasteiger charge is 2.27. The highest BCUT2D eigenvalue weighted by atomic mass is 127. The predicted molar refractivity (Wildman–Crippen MR) is 118 cm³/mol. The van der Waals surface area contributed by atoms with Crippen LogP contribution in [0.15, 0.2) is 47.5 Å². The Balaban J connectivity index is 1.48. The van der Waals surface area contributed by atoms with Crippen molar-refractivity contribution in [2.75, 3.05) is 7.11 Å². The van der Waals surface area contributed by atoms with Gasteiger partial charge in [-0.15, -0.1) is 0 Å². The minimum Gasteiger partial charge on any atom is -0.496 e. The van der Waals surface area contributed by atoms with E-state index in [1.54, 1.807) is 13.3 Å². The second-order valence-electron chi connectivity index (χ2n) is 7.35. The molecule has 1 fully saturated rings. The van der Waals surface area contributed by atoms with E-state index in [4.69, 9.17) is 9.15 Å². The smallest absolute Gasteiger partial charge is 0.274 e. The van der Waals surface area contributed by atoms with Gasteiger partial charge < -0.3 is 14.5 Å². The summed E-state index contributed by atoms with van der Waals surface area (Å²) < 4.78 is 25.3. The fourth-order valence-corrected chi connectivity index (χ4v) is 4.68. The van der Waals surface area contributed by atoms with Crippen molar-refractivity contribution in [2.24, 2.45) is 0 Å². The van der Waals surface area contributed by atoms with E-state index >= 15 is 0 Å². The van der Waals surface area contributed by atoms with Gasteiger partial charge >= 0.3 is 0 Å². The SMILES string of the molecule is COc1ccc(-c2ocnc2C(=O)N[C@H]2CCC[C@H](c3cncc(F)c3)C2)cc1I. The fraction of sp³-hybridized carbons (Fsp3) is 0.318. The van der Waals surface area contributed by atoms with E-state index in [0.29, 0.717) is 5.76 Å². The summed E-state index contributed by atoms with van der Waals surface area (Å²) in [5.74, 6) is 0.750. The molecule has 1 aliphatic carbocycles. The Morgan fingerprint density at radius 3 is 2.93 bits per heavy atom. The first-order valence-electron chi connectivity index (χ1n) is 9.74. The van der Waals surface area contributed by atoms with Crippen molar-refractivity contribution < 1.29 is 18.3 Å². The lowest BCUT2D eigenvalue weighted by molar-refractivity contribution is 0.0921. The second-order valence-corrected chi connectivity index (χ2v) is 8.51. The Labute approximate surface area is 187 Å². The highest BCUT2D eigenvalue weighted by Crippen LogP contribution is 2.34. The van der Waals surface area contributed by atoms with Crippen LogP contribution >= 0.6 is 22.6 Å². The van der Waals surface area contributed by atoms with Crippen molar-refractivity contribution in [3.8, 4) is 17.1 Å². The Hall–Kier alpha value is -2.49. The average molecular weight is 521 g/mol. The zero-order valence-electron chi connectivity index (χ0n) is 16.4. The molecule has 4 rings (SSSR count). The Kier molecular flexibility index (Phi) is 6.31. The van der Waals surface area contributed by atoms with Crippen LogP contribution in [0.5, 0.6) is 5.75 Å². The van der Waals surface area contributed by atoms with E-state index in [9.17, 15) is 9.18 Å². The number of benzene rings is 1. The van der Waals surface area contributed by atoms with E-state index in [1.807, 2.05) is 18.2 Å². The standard InChI is InChI=1S/C22H21FIN3O3/c1-29-19-6-5-14(9-18(19)24)21-20(26-12-30-21)22(28)27-17-4-2-3-13(8-17)15-7-16(23)11-25-10-15/h5-7,9-13,17H,2-4,8H2,1H3,(H,27,28)/t13-,17-/m0/s1. The van der Waals surface area contributed by atoms with Gasteiger partial charge in [0.25, 0.3) is 5.91 Å². The number of methoxy groups -OCH3 is 1. The van der Waals surface area contributed by atoms with Gasteiger partial charge in [0.1, 0.15) is 11.6 Å². The van der Waals surface area contributed by atoms with Crippen molar-refractivity contribution in [2.45, 2.75) is 37.6 Å². The van der Waals surface area contributed by atoms with Crippen molar-refractivity contribution in [3.63, 3.8) is 0 Å². The molecule has 1 aromatic carbocycles. The third kappa shape index (κ3) is 4.48. The average Bonchev–Trinajstić information content (AvgIpc) is 3.24. The molecular weight excluding hydrogens is 500 g/mol. The summed E-state index contributed by atoms with van der Waals surface area (Å²) >= 11 is 2.18. The van der Waals surface area contributed by atoms with Gasteiger partial charge in [-0.05, 0) is 77.6 Å². The second kappa shape index (κ2) is 9.11. The lowest BCUT2D eigenvalue weighted by Crippen LogP contribution is -2.38. The summed E-state index contributed by atoms with van der Waals surface area (Å²) in [7, 11) is 1.61. The number of halogens is 2. The molecule has 0 spiro atoms. The molecule has 30 heavy (non-hydrogen) atoms. The number of hydrogen-bond donors (Lipinski definition) is 1. The van der Waals surface area contributed by atoms with Gasteiger partial charge in [-0.2, -0.15) is 0 Å². The third-order valence-electron chi connectivity index (χ3n) is 5.40. The number of nitrogens with zero attached hydrogens (tertiary/aromatic N) is 2. The van der Waals surface area contributed by atoms with Crippen LogP contribution in [-0.4, -0.2) is 29.0 Å². The van der Waals surface area contributed by atoms with E-state index < -0.39 is 0 Å². The van der Waals surface area contributed by atoms with Crippen LogP contribution in [0.4, 0.5) is 4.39 Å². The molecule has 8 heteroatoms. The van der Waals surface area contributed by atoms with Crippen LogP contribution in [0.3, 0.4) is 0 Å². The molecule has 0 unspecified atom stereocenters. The number of amides is 1. The zero-order chi connectivity index (χ0) is 21.1. The van der Waals surface area contributed by atoms with Gasteiger partial charge in [-0.1, -0.05) is 6.42 Å². The summed E-state index contributed by atoms with van der Waals surface area (Å²) in [6.45, 7) is 0. The Morgan fingerprint density at radius 1 is 1.30 bits per heavy atom. The van der Waals surface area contributed by atoms with Gasteiger partial charge in [0.05, 0.1) is 16.9 Å². The quantitative estimate of drug-likeness (QED) is 0.482. The molecule has 6 nitrogen and oxygen atoms in total. The first-order chi connectivity index (χ1) is 14.5. The summed E-state index contributed by atoms with van der Waals surface area (Å²) in [6.07, 6.45) is 7.72. The number of aromatic nitrogens is 2. The minimum atomic E-state index is -0.333. The number of carbonyl (C=O) groups excluding carboxylic acids is 1. The summed E-state index contributed by atoms with van der Waals surface area (Å²) in [6, 6.07) is 7.08. The zero-order valence-corrected chi connectivity index (χ0v) is 18.6. The monoisotopic (exact) mass is 521 g/mol. The molecule has 2 atom stereocenters. The van der Waals surface area contributed by atoms with Crippen LogP contribution in [0.2, 0.25) is 0 Å². The number of pyridine rings is 1. The van der Waals surface area contributed by atoms with Crippen LogP contribution in [0, 0.1) is 9.39 Å². The highest BCUT2D eigenvalue weighted by molar-refractivity contribution is 14.1. The van der Waals surface area contributed by atoms with E-state index in [-0.39, 0.29) is 29.4 Å².